The van der Waals surface area contributed by atoms with Crippen molar-refractivity contribution in [3.8, 4) is 11.5 Å². The summed E-state index contributed by atoms with van der Waals surface area (Å²) in [6.07, 6.45) is 7.46. The number of ether oxygens (including phenoxy) is 2. The third kappa shape index (κ3) is 7.27. The Morgan fingerprint density at radius 3 is 2.22 bits per heavy atom. The van der Waals surface area contributed by atoms with E-state index in [4.69, 9.17) is 14.5 Å². The second-order valence-corrected chi connectivity index (χ2v) is 17.1. The molecule has 5 aliphatic rings. The smallest absolute Gasteiger partial charge is 0.262 e. The summed E-state index contributed by atoms with van der Waals surface area (Å²) in [5, 5.41) is 15.5. The number of hydrogen-bond donors (Lipinski definition) is 3. The van der Waals surface area contributed by atoms with Crippen LogP contribution in [0.15, 0.2) is 79.0 Å². The minimum absolute atomic E-state index is 0.0404. The molecule has 2 aliphatic carbocycles. The number of amides is 4. The van der Waals surface area contributed by atoms with Gasteiger partial charge in [-0.2, -0.15) is 0 Å². The number of aliphatic hydroxyl groups excluding tert-OH is 1. The number of imide groups is 2. The van der Waals surface area contributed by atoms with Gasteiger partial charge in [0, 0.05) is 55.7 Å². The van der Waals surface area contributed by atoms with Gasteiger partial charge < -0.3 is 24.8 Å². The van der Waals surface area contributed by atoms with Crippen LogP contribution in [0.4, 0.5) is 11.6 Å². The van der Waals surface area contributed by atoms with E-state index in [9.17, 15) is 24.3 Å². The van der Waals surface area contributed by atoms with E-state index in [0.29, 0.717) is 12.0 Å². The van der Waals surface area contributed by atoms with E-state index in [2.05, 4.69) is 58.6 Å². The standard InChI is InChI=1S/C45H48N6O7/c1-44(2,27-3-8-33(9-4-27)57-26-30-15-18-46-43(48-30)50-19-16-45(17-20-50)24-32(52)25-45)28-5-10-34(11-6-28)58-35-21-31(22-35)47-29-7-12-36-37(23-29)42(56)51(41(36)55)38-13-14-39(53)49-40(38)54/h3-12,15,18,23,31-32,35,38,47,52H,13-14,16-17,19-22,24-26H2,1-2H3,(H,49,53,54). The Labute approximate surface area is 337 Å². The fourth-order valence-corrected chi connectivity index (χ4v) is 9.16. The predicted octanol–water partition coefficient (Wildman–Crippen LogP) is 5.55. The molecule has 1 spiro atoms. The lowest BCUT2D eigenvalue weighted by atomic mass is 9.61. The van der Waals surface area contributed by atoms with E-state index < -0.39 is 29.7 Å². The van der Waals surface area contributed by atoms with Gasteiger partial charge in [-0.25, -0.2) is 9.97 Å². The van der Waals surface area contributed by atoms with Crippen molar-refractivity contribution in [1.29, 1.82) is 0 Å². The van der Waals surface area contributed by atoms with Gasteiger partial charge in [-0.05, 0) is 97.2 Å². The van der Waals surface area contributed by atoms with Gasteiger partial charge in [0.05, 0.1) is 22.9 Å². The van der Waals surface area contributed by atoms with Crippen LogP contribution in [0.1, 0.15) is 103 Å². The number of hydrogen-bond acceptors (Lipinski definition) is 11. The van der Waals surface area contributed by atoms with Crippen molar-refractivity contribution in [2.24, 2.45) is 5.41 Å². The van der Waals surface area contributed by atoms with Crippen LogP contribution in [0.5, 0.6) is 11.5 Å². The van der Waals surface area contributed by atoms with Gasteiger partial charge in [0.2, 0.25) is 17.8 Å². The lowest BCUT2D eigenvalue weighted by Crippen LogP contribution is -2.54. The zero-order chi connectivity index (χ0) is 40.2. The number of piperidine rings is 2. The number of benzene rings is 3. The van der Waals surface area contributed by atoms with Crippen molar-refractivity contribution in [1.82, 2.24) is 20.2 Å². The van der Waals surface area contributed by atoms with Crippen LogP contribution in [0.25, 0.3) is 0 Å². The van der Waals surface area contributed by atoms with Crippen molar-refractivity contribution in [3.63, 3.8) is 0 Å². The number of rotatable bonds is 11. The van der Waals surface area contributed by atoms with E-state index in [1.54, 1.807) is 24.4 Å². The first-order chi connectivity index (χ1) is 27.9. The second kappa shape index (κ2) is 14.8. The van der Waals surface area contributed by atoms with E-state index in [1.165, 1.54) is 0 Å². The van der Waals surface area contributed by atoms with Crippen LogP contribution in [-0.2, 0) is 21.6 Å². The molecular weight excluding hydrogens is 737 g/mol. The van der Waals surface area contributed by atoms with E-state index >= 15 is 0 Å². The third-order valence-electron chi connectivity index (χ3n) is 12.9. The molecule has 2 saturated carbocycles. The zero-order valence-corrected chi connectivity index (χ0v) is 32.8. The summed E-state index contributed by atoms with van der Waals surface area (Å²) in [5.41, 5.74) is 4.45. The largest absolute Gasteiger partial charge is 0.490 e. The summed E-state index contributed by atoms with van der Waals surface area (Å²) in [5.74, 6) is 0.262. The second-order valence-electron chi connectivity index (χ2n) is 17.1. The number of carbonyl (C=O) groups is 4. The van der Waals surface area contributed by atoms with Gasteiger partial charge in [-0.1, -0.05) is 38.1 Å². The number of aliphatic hydroxyl groups is 1. The van der Waals surface area contributed by atoms with Gasteiger partial charge in [-0.3, -0.25) is 29.4 Å². The van der Waals surface area contributed by atoms with Crippen LogP contribution in [0.2, 0.25) is 0 Å². The summed E-state index contributed by atoms with van der Waals surface area (Å²) in [7, 11) is 0. The lowest BCUT2D eigenvalue weighted by molar-refractivity contribution is -0.136. The normalized spacial score (nSPS) is 22.9. The molecule has 1 atom stereocenters. The molecule has 3 N–H and O–H groups in total. The Morgan fingerprint density at radius 2 is 1.55 bits per heavy atom. The van der Waals surface area contributed by atoms with Gasteiger partial charge in [0.15, 0.2) is 0 Å². The molecule has 3 aromatic carbocycles. The topological polar surface area (TPSA) is 163 Å². The maximum atomic E-state index is 13.2. The summed E-state index contributed by atoms with van der Waals surface area (Å²) in [6.45, 7) is 6.58. The van der Waals surface area contributed by atoms with Crippen molar-refractivity contribution in [2.75, 3.05) is 23.3 Å². The molecule has 1 aromatic heterocycles. The van der Waals surface area contributed by atoms with Gasteiger partial charge in [0.25, 0.3) is 11.8 Å². The molecule has 2 saturated heterocycles. The van der Waals surface area contributed by atoms with Crippen LogP contribution >= 0.6 is 0 Å². The molecule has 9 rings (SSSR count). The number of anilines is 2. The highest BCUT2D eigenvalue weighted by Crippen LogP contribution is 2.49. The minimum Gasteiger partial charge on any atom is -0.490 e. The monoisotopic (exact) mass is 784 g/mol. The van der Waals surface area contributed by atoms with Crippen molar-refractivity contribution in [2.45, 2.75) is 102 Å². The van der Waals surface area contributed by atoms with Crippen LogP contribution in [0.3, 0.4) is 0 Å². The fourth-order valence-electron chi connectivity index (χ4n) is 9.16. The highest BCUT2D eigenvalue weighted by molar-refractivity contribution is 6.23. The molecule has 4 fully saturated rings. The fraction of sp³-hybridized carbons (Fsp3) is 0.422. The minimum atomic E-state index is -0.988. The highest BCUT2D eigenvalue weighted by atomic mass is 16.5. The molecule has 1 unspecified atom stereocenters. The molecule has 0 bridgehead atoms. The average molecular weight is 785 g/mol. The Morgan fingerprint density at radius 1 is 0.879 bits per heavy atom. The third-order valence-corrected chi connectivity index (χ3v) is 12.9. The van der Waals surface area contributed by atoms with Crippen LogP contribution < -0.4 is 25.0 Å². The van der Waals surface area contributed by atoms with E-state index in [0.717, 1.165) is 96.5 Å². The Balaban J connectivity index is 0.741. The van der Waals surface area contributed by atoms with Gasteiger partial charge in [0.1, 0.15) is 30.3 Å². The summed E-state index contributed by atoms with van der Waals surface area (Å²) < 4.78 is 12.4. The number of aromatic nitrogens is 2. The molecule has 13 nitrogen and oxygen atoms in total. The van der Waals surface area contributed by atoms with Crippen molar-refractivity contribution < 1.29 is 33.8 Å². The molecule has 3 aliphatic heterocycles. The Hall–Kier alpha value is -5.82. The summed E-state index contributed by atoms with van der Waals surface area (Å²) >= 11 is 0. The molecule has 4 amide bonds. The first-order valence-corrected chi connectivity index (χ1v) is 20.3. The Kier molecular flexibility index (Phi) is 9.66. The molecule has 4 aromatic rings. The number of fused-ring (bicyclic) bond motifs is 1. The number of nitrogens with one attached hydrogen (secondary N) is 2. The summed E-state index contributed by atoms with van der Waals surface area (Å²) in [4.78, 5) is 62.8. The first kappa shape index (κ1) is 37.7. The molecule has 300 valence electrons. The molecule has 0 radical (unpaired) electrons. The predicted molar refractivity (Wildman–Crippen MR) is 215 cm³/mol. The molecule has 13 heteroatoms. The first-order valence-electron chi connectivity index (χ1n) is 20.3. The maximum Gasteiger partial charge on any atom is 0.262 e. The van der Waals surface area contributed by atoms with Gasteiger partial charge >= 0.3 is 0 Å². The van der Waals surface area contributed by atoms with E-state index in [-0.39, 0.29) is 47.6 Å². The quantitative estimate of drug-likeness (QED) is 0.164. The van der Waals surface area contributed by atoms with Crippen LogP contribution in [0, 0.1) is 5.41 Å². The van der Waals surface area contributed by atoms with Crippen LogP contribution in [-0.4, -0.2) is 81.0 Å². The van der Waals surface area contributed by atoms with Gasteiger partial charge in [-0.15, -0.1) is 0 Å². The maximum absolute atomic E-state index is 13.2. The van der Waals surface area contributed by atoms with Crippen molar-refractivity contribution >= 4 is 35.3 Å². The zero-order valence-electron chi connectivity index (χ0n) is 32.8. The highest BCUT2D eigenvalue weighted by Gasteiger charge is 2.46. The average Bonchev–Trinajstić information content (AvgIpc) is 3.44. The summed E-state index contributed by atoms with van der Waals surface area (Å²) in [6, 6.07) is 22.6. The van der Waals surface area contributed by atoms with E-state index in [1.807, 2.05) is 30.3 Å². The molecule has 58 heavy (non-hydrogen) atoms. The Bertz CT molecular complexity index is 2240. The molecular formula is C45H48N6O7. The number of carbonyl (C=O) groups excluding carboxylic acids is 4. The SMILES string of the molecule is CC(C)(c1ccc(OCc2ccnc(N3CCC4(CC3)CC(O)C4)n2)cc1)c1ccc(OC2CC(Nc3ccc4c(c3)C(=O)N(C3CCC(=O)NC3=O)C4=O)C2)cc1. The molecule has 4 heterocycles. The van der Waals surface area contributed by atoms with Crippen molar-refractivity contribution in [3.05, 3.63) is 107 Å². The number of nitrogens with zero attached hydrogens (tertiary/aromatic N) is 4. The lowest BCUT2D eigenvalue weighted by Gasteiger charge is -2.50.